The maximum Gasteiger partial charge on any atom is 0.0236 e. The molecule has 19 heavy (non-hydrogen) atoms. The van der Waals surface area contributed by atoms with Crippen molar-refractivity contribution < 1.29 is 0 Å². The van der Waals surface area contributed by atoms with Gasteiger partial charge in [0.15, 0.2) is 0 Å². The molecule has 2 heterocycles. The molecule has 2 nitrogen and oxygen atoms in total. The van der Waals surface area contributed by atoms with Gasteiger partial charge in [-0.15, -0.1) is 0 Å². The number of likely N-dealkylation sites (tertiary alicyclic amines) is 1. The minimum Gasteiger partial charge on any atom is -0.317 e. The second-order valence-corrected chi connectivity index (χ2v) is 6.21. The Labute approximate surface area is 117 Å². The van der Waals surface area contributed by atoms with Gasteiger partial charge in [-0.1, -0.05) is 23.8 Å². The lowest BCUT2D eigenvalue weighted by molar-refractivity contribution is 0.328. The summed E-state index contributed by atoms with van der Waals surface area (Å²) in [6.07, 6.45) is 5.37. The number of hydrogen-bond acceptors (Lipinski definition) is 2. The lowest BCUT2D eigenvalue weighted by Gasteiger charge is -2.27. The second kappa shape index (κ2) is 6.06. The summed E-state index contributed by atoms with van der Waals surface area (Å²) in [7, 11) is 0. The van der Waals surface area contributed by atoms with Crippen LogP contribution in [0.3, 0.4) is 0 Å². The molecule has 2 heteroatoms. The first kappa shape index (κ1) is 13.1. The molecule has 104 valence electrons. The summed E-state index contributed by atoms with van der Waals surface area (Å²) in [5, 5.41) is 3.48. The molecule has 1 N–H and O–H groups in total. The van der Waals surface area contributed by atoms with Crippen molar-refractivity contribution in [1.29, 1.82) is 0 Å². The Balaban J connectivity index is 1.80. The minimum atomic E-state index is 0.777. The SMILES string of the molecule is Cc1ccc(CN2CCCC2)c(C2CCNCC2)c1. The molecule has 0 aliphatic carbocycles. The van der Waals surface area contributed by atoms with Crippen LogP contribution in [-0.2, 0) is 6.54 Å². The number of nitrogens with zero attached hydrogens (tertiary/aromatic N) is 1. The maximum atomic E-state index is 3.48. The molecule has 0 bridgehead atoms. The molecule has 0 unspecified atom stereocenters. The van der Waals surface area contributed by atoms with Gasteiger partial charge in [-0.3, -0.25) is 4.90 Å². The van der Waals surface area contributed by atoms with Crippen molar-refractivity contribution >= 4 is 0 Å². The maximum absolute atomic E-state index is 3.48. The van der Waals surface area contributed by atoms with E-state index in [1.165, 1.54) is 64.0 Å². The van der Waals surface area contributed by atoms with Crippen LogP contribution in [0.15, 0.2) is 18.2 Å². The van der Waals surface area contributed by atoms with E-state index in [9.17, 15) is 0 Å². The molecule has 2 saturated heterocycles. The third kappa shape index (κ3) is 3.18. The van der Waals surface area contributed by atoms with Gasteiger partial charge >= 0.3 is 0 Å². The van der Waals surface area contributed by atoms with Crippen LogP contribution in [0.4, 0.5) is 0 Å². The van der Waals surface area contributed by atoms with E-state index in [-0.39, 0.29) is 0 Å². The van der Waals surface area contributed by atoms with Crippen molar-refractivity contribution in [2.24, 2.45) is 0 Å². The minimum absolute atomic E-state index is 0.777. The fourth-order valence-electron chi connectivity index (χ4n) is 3.55. The summed E-state index contributed by atoms with van der Waals surface area (Å²) in [4.78, 5) is 2.62. The van der Waals surface area contributed by atoms with Crippen LogP contribution in [0.2, 0.25) is 0 Å². The smallest absolute Gasteiger partial charge is 0.0236 e. The molecule has 0 aromatic heterocycles. The Morgan fingerprint density at radius 2 is 1.89 bits per heavy atom. The van der Waals surface area contributed by atoms with E-state index in [1.807, 2.05) is 0 Å². The van der Waals surface area contributed by atoms with Crippen molar-refractivity contribution in [3.05, 3.63) is 34.9 Å². The van der Waals surface area contributed by atoms with Crippen LogP contribution in [0.5, 0.6) is 0 Å². The van der Waals surface area contributed by atoms with Crippen molar-refractivity contribution in [3.8, 4) is 0 Å². The summed E-state index contributed by atoms with van der Waals surface area (Å²) < 4.78 is 0. The van der Waals surface area contributed by atoms with Gasteiger partial charge < -0.3 is 5.32 Å². The normalized spacial score (nSPS) is 21.9. The van der Waals surface area contributed by atoms with E-state index < -0.39 is 0 Å². The Bertz CT molecular complexity index is 415. The number of benzene rings is 1. The predicted molar refractivity (Wildman–Crippen MR) is 80.5 cm³/mol. The highest BCUT2D eigenvalue weighted by molar-refractivity contribution is 5.34. The topological polar surface area (TPSA) is 15.3 Å². The molecular formula is C17H26N2. The standard InChI is InChI=1S/C17H26N2/c1-14-4-5-16(13-19-10-2-3-11-19)17(12-14)15-6-8-18-9-7-15/h4-5,12,15,18H,2-3,6-11,13H2,1H3. The second-order valence-electron chi connectivity index (χ2n) is 6.21. The zero-order chi connectivity index (χ0) is 13.1. The Morgan fingerprint density at radius 1 is 1.16 bits per heavy atom. The predicted octanol–water partition coefficient (Wildman–Crippen LogP) is 3.06. The molecule has 2 aliphatic heterocycles. The van der Waals surface area contributed by atoms with E-state index in [2.05, 4.69) is 35.3 Å². The summed E-state index contributed by atoms with van der Waals surface area (Å²) in [5.74, 6) is 0.777. The van der Waals surface area contributed by atoms with Crippen LogP contribution >= 0.6 is 0 Å². The van der Waals surface area contributed by atoms with E-state index in [0.29, 0.717) is 0 Å². The average molecular weight is 258 g/mol. The first-order valence-corrected chi connectivity index (χ1v) is 7.85. The van der Waals surface area contributed by atoms with Crippen molar-refractivity contribution in [1.82, 2.24) is 10.2 Å². The molecule has 0 spiro atoms. The van der Waals surface area contributed by atoms with Gasteiger partial charge in [-0.05, 0) is 75.8 Å². The average Bonchev–Trinajstić information content (AvgIpc) is 2.95. The van der Waals surface area contributed by atoms with Gasteiger partial charge in [-0.25, -0.2) is 0 Å². The lowest BCUT2D eigenvalue weighted by Crippen LogP contribution is -2.28. The first-order valence-electron chi connectivity index (χ1n) is 7.85. The number of nitrogens with one attached hydrogen (secondary N) is 1. The monoisotopic (exact) mass is 258 g/mol. The molecule has 0 saturated carbocycles. The summed E-state index contributed by atoms with van der Waals surface area (Å²) in [6, 6.07) is 7.11. The molecule has 2 aliphatic rings. The number of rotatable bonds is 3. The molecule has 0 amide bonds. The van der Waals surface area contributed by atoms with Gasteiger partial charge in [0.2, 0.25) is 0 Å². The van der Waals surface area contributed by atoms with E-state index >= 15 is 0 Å². The van der Waals surface area contributed by atoms with E-state index in [1.54, 1.807) is 11.1 Å². The highest BCUT2D eigenvalue weighted by atomic mass is 15.1. The van der Waals surface area contributed by atoms with Crippen molar-refractivity contribution in [3.63, 3.8) is 0 Å². The molecular weight excluding hydrogens is 232 g/mol. The van der Waals surface area contributed by atoms with Crippen LogP contribution in [0, 0.1) is 6.92 Å². The molecule has 0 radical (unpaired) electrons. The van der Waals surface area contributed by atoms with Crippen molar-refractivity contribution in [2.45, 2.75) is 45.1 Å². The van der Waals surface area contributed by atoms with Crippen LogP contribution in [0.1, 0.15) is 48.3 Å². The van der Waals surface area contributed by atoms with Gasteiger partial charge in [0.1, 0.15) is 0 Å². The van der Waals surface area contributed by atoms with Gasteiger partial charge in [-0.2, -0.15) is 0 Å². The van der Waals surface area contributed by atoms with Crippen LogP contribution in [0.25, 0.3) is 0 Å². The fraction of sp³-hybridized carbons (Fsp3) is 0.647. The van der Waals surface area contributed by atoms with E-state index in [4.69, 9.17) is 0 Å². The zero-order valence-corrected chi connectivity index (χ0v) is 12.1. The van der Waals surface area contributed by atoms with Crippen LogP contribution < -0.4 is 5.32 Å². The third-order valence-corrected chi connectivity index (χ3v) is 4.67. The van der Waals surface area contributed by atoms with Gasteiger partial charge in [0, 0.05) is 6.54 Å². The van der Waals surface area contributed by atoms with Crippen LogP contribution in [-0.4, -0.2) is 31.1 Å². The zero-order valence-electron chi connectivity index (χ0n) is 12.1. The first-order chi connectivity index (χ1) is 9.33. The summed E-state index contributed by atoms with van der Waals surface area (Å²) in [6.45, 7) is 8.34. The number of piperidine rings is 1. The molecule has 1 aromatic carbocycles. The van der Waals surface area contributed by atoms with Crippen molar-refractivity contribution in [2.75, 3.05) is 26.2 Å². The Hall–Kier alpha value is -0.860. The van der Waals surface area contributed by atoms with Gasteiger partial charge in [0.25, 0.3) is 0 Å². The molecule has 2 fully saturated rings. The fourth-order valence-corrected chi connectivity index (χ4v) is 3.55. The Kier molecular flexibility index (Phi) is 4.19. The number of aryl methyl sites for hydroxylation is 1. The quantitative estimate of drug-likeness (QED) is 0.896. The van der Waals surface area contributed by atoms with E-state index in [0.717, 1.165) is 5.92 Å². The number of hydrogen-bond donors (Lipinski definition) is 1. The molecule has 3 rings (SSSR count). The van der Waals surface area contributed by atoms with Gasteiger partial charge in [0.05, 0.1) is 0 Å². The Morgan fingerprint density at radius 3 is 2.63 bits per heavy atom. The summed E-state index contributed by atoms with van der Waals surface area (Å²) >= 11 is 0. The third-order valence-electron chi connectivity index (χ3n) is 4.67. The highest BCUT2D eigenvalue weighted by Gasteiger charge is 2.20. The largest absolute Gasteiger partial charge is 0.317 e. The molecule has 1 aromatic rings. The lowest BCUT2D eigenvalue weighted by atomic mass is 9.86. The molecule has 0 atom stereocenters. The summed E-state index contributed by atoms with van der Waals surface area (Å²) in [5.41, 5.74) is 4.63. The highest BCUT2D eigenvalue weighted by Crippen LogP contribution is 2.30.